The highest BCUT2D eigenvalue weighted by Crippen LogP contribution is 2.35. The molecule has 0 bridgehead atoms. The molecule has 0 unspecified atom stereocenters. The molecule has 0 radical (unpaired) electrons. The quantitative estimate of drug-likeness (QED) is 0.790. The van der Waals surface area contributed by atoms with E-state index in [4.69, 9.17) is 32.7 Å². The molecule has 0 spiro atoms. The lowest BCUT2D eigenvalue weighted by Crippen LogP contribution is -2.40. The highest BCUT2D eigenvalue weighted by atomic mass is 35.5. The van der Waals surface area contributed by atoms with Crippen molar-refractivity contribution in [2.24, 2.45) is 5.92 Å². The maximum atomic E-state index is 12.7. The van der Waals surface area contributed by atoms with Crippen LogP contribution >= 0.6 is 23.2 Å². The fourth-order valence-corrected chi connectivity index (χ4v) is 3.04. The van der Waals surface area contributed by atoms with Gasteiger partial charge in [0.25, 0.3) is 5.91 Å². The first-order chi connectivity index (χ1) is 10.5. The number of likely N-dealkylation sites (tertiary alicyclic amines) is 1. The zero-order valence-corrected chi connectivity index (χ0v) is 13.9. The van der Waals surface area contributed by atoms with Crippen molar-refractivity contribution in [2.75, 3.05) is 27.3 Å². The maximum Gasteiger partial charge on any atom is 0.308 e. The van der Waals surface area contributed by atoms with Crippen LogP contribution in [-0.4, -0.2) is 44.1 Å². The van der Waals surface area contributed by atoms with Crippen molar-refractivity contribution < 1.29 is 19.1 Å². The lowest BCUT2D eigenvalue weighted by atomic mass is 9.96. The summed E-state index contributed by atoms with van der Waals surface area (Å²) in [5.74, 6) is -0.363. The summed E-state index contributed by atoms with van der Waals surface area (Å²) in [6.07, 6.45) is 1.14. The third-order valence-corrected chi connectivity index (χ3v) is 4.41. The van der Waals surface area contributed by atoms with Gasteiger partial charge >= 0.3 is 5.97 Å². The lowest BCUT2D eigenvalue weighted by molar-refractivity contribution is -0.146. The second kappa shape index (κ2) is 7.20. The number of esters is 1. The van der Waals surface area contributed by atoms with E-state index in [1.165, 1.54) is 14.2 Å². The van der Waals surface area contributed by atoms with Crippen LogP contribution in [0.15, 0.2) is 12.1 Å². The van der Waals surface area contributed by atoms with Gasteiger partial charge in [0.05, 0.1) is 30.2 Å². The Balaban J connectivity index is 2.17. The monoisotopic (exact) mass is 345 g/mol. The second-order valence-corrected chi connectivity index (χ2v) is 5.84. The first-order valence-corrected chi connectivity index (χ1v) is 7.64. The SMILES string of the molecule is COC(=O)C1CCN(C(=O)c2c(Cl)ccc(Cl)c2OC)CC1. The molecule has 1 aliphatic heterocycles. The van der Waals surface area contributed by atoms with Crippen LogP contribution in [0, 0.1) is 5.92 Å². The predicted molar refractivity (Wildman–Crippen MR) is 83.7 cm³/mol. The molecule has 0 atom stereocenters. The predicted octanol–water partition coefficient (Wildman–Crippen LogP) is 3.03. The second-order valence-electron chi connectivity index (χ2n) is 5.03. The molecule has 1 amide bonds. The molecule has 1 aliphatic rings. The summed E-state index contributed by atoms with van der Waals surface area (Å²) in [5.41, 5.74) is 0.258. The number of methoxy groups -OCH3 is 2. The van der Waals surface area contributed by atoms with E-state index in [2.05, 4.69) is 0 Å². The molecule has 1 fully saturated rings. The van der Waals surface area contributed by atoms with E-state index in [0.29, 0.717) is 36.0 Å². The van der Waals surface area contributed by atoms with Crippen LogP contribution in [0.4, 0.5) is 0 Å². The van der Waals surface area contributed by atoms with E-state index in [9.17, 15) is 9.59 Å². The Labute approximate surface area is 139 Å². The first kappa shape index (κ1) is 16.9. The van der Waals surface area contributed by atoms with Gasteiger partial charge in [-0.2, -0.15) is 0 Å². The van der Waals surface area contributed by atoms with Gasteiger partial charge in [-0.05, 0) is 25.0 Å². The average Bonchev–Trinajstić information content (AvgIpc) is 2.55. The Morgan fingerprint density at radius 3 is 2.27 bits per heavy atom. The molecular weight excluding hydrogens is 329 g/mol. The van der Waals surface area contributed by atoms with Crippen molar-refractivity contribution in [1.29, 1.82) is 0 Å². The number of piperidine rings is 1. The number of halogens is 2. The minimum Gasteiger partial charge on any atom is -0.494 e. The smallest absolute Gasteiger partial charge is 0.308 e. The van der Waals surface area contributed by atoms with Crippen molar-refractivity contribution in [2.45, 2.75) is 12.8 Å². The molecule has 5 nitrogen and oxygen atoms in total. The number of hydrogen-bond acceptors (Lipinski definition) is 4. The summed E-state index contributed by atoms with van der Waals surface area (Å²) in [6.45, 7) is 0.926. The van der Waals surface area contributed by atoms with Crippen LogP contribution in [0.1, 0.15) is 23.2 Å². The average molecular weight is 346 g/mol. The molecule has 0 aliphatic carbocycles. The van der Waals surface area contributed by atoms with Gasteiger partial charge < -0.3 is 14.4 Å². The van der Waals surface area contributed by atoms with Crippen LogP contribution in [-0.2, 0) is 9.53 Å². The van der Waals surface area contributed by atoms with Crippen LogP contribution in [0.5, 0.6) is 5.75 Å². The van der Waals surface area contributed by atoms with Crippen molar-refractivity contribution in [1.82, 2.24) is 4.90 Å². The molecule has 1 heterocycles. The summed E-state index contributed by atoms with van der Waals surface area (Å²) in [6, 6.07) is 3.16. The van der Waals surface area contributed by atoms with Gasteiger partial charge in [0.2, 0.25) is 0 Å². The Morgan fingerprint density at radius 1 is 1.14 bits per heavy atom. The molecule has 0 saturated carbocycles. The van der Waals surface area contributed by atoms with Gasteiger partial charge in [-0.3, -0.25) is 9.59 Å². The van der Waals surface area contributed by atoms with Crippen molar-refractivity contribution >= 4 is 35.1 Å². The number of carbonyl (C=O) groups is 2. The third kappa shape index (κ3) is 3.31. The molecule has 2 rings (SSSR count). The van der Waals surface area contributed by atoms with Crippen molar-refractivity contribution in [3.05, 3.63) is 27.7 Å². The molecule has 1 saturated heterocycles. The standard InChI is InChI=1S/C15H17Cl2NO4/c1-21-13-11(17)4-3-10(16)12(13)14(19)18-7-5-9(6-8-18)15(20)22-2/h3-4,9H,5-8H2,1-2H3. The van der Waals surface area contributed by atoms with Crippen LogP contribution < -0.4 is 4.74 Å². The third-order valence-electron chi connectivity index (χ3n) is 3.79. The number of nitrogens with zero attached hydrogens (tertiary/aromatic N) is 1. The molecule has 7 heteroatoms. The van der Waals surface area contributed by atoms with Gasteiger partial charge in [0.1, 0.15) is 5.56 Å². The molecule has 0 aromatic heterocycles. The van der Waals surface area contributed by atoms with E-state index in [1.807, 2.05) is 0 Å². The summed E-state index contributed by atoms with van der Waals surface area (Å²) in [4.78, 5) is 25.9. The Kier molecular flexibility index (Phi) is 5.53. The van der Waals surface area contributed by atoms with Gasteiger partial charge in [0, 0.05) is 13.1 Å². The number of hydrogen-bond donors (Lipinski definition) is 0. The molecular formula is C15H17Cl2NO4. The van der Waals surface area contributed by atoms with E-state index >= 15 is 0 Å². The Hall–Kier alpha value is -1.46. The normalized spacial score (nSPS) is 15.5. The van der Waals surface area contributed by atoms with Crippen LogP contribution in [0.2, 0.25) is 10.0 Å². The zero-order chi connectivity index (χ0) is 16.3. The number of benzene rings is 1. The van der Waals surface area contributed by atoms with Crippen molar-refractivity contribution in [3.63, 3.8) is 0 Å². The van der Waals surface area contributed by atoms with Gasteiger partial charge in [-0.15, -0.1) is 0 Å². The fourth-order valence-electron chi connectivity index (χ4n) is 2.58. The highest BCUT2D eigenvalue weighted by Gasteiger charge is 2.30. The molecule has 22 heavy (non-hydrogen) atoms. The lowest BCUT2D eigenvalue weighted by Gasteiger charge is -2.31. The van der Waals surface area contributed by atoms with Gasteiger partial charge in [-0.25, -0.2) is 0 Å². The number of rotatable bonds is 3. The molecule has 1 aromatic rings. The molecule has 0 N–H and O–H groups in total. The topological polar surface area (TPSA) is 55.8 Å². The number of carbonyl (C=O) groups excluding carboxylic acids is 2. The minimum absolute atomic E-state index is 0.161. The largest absolute Gasteiger partial charge is 0.494 e. The first-order valence-electron chi connectivity index (χ1n) is 6.88. The Morgan fingerprint density at radius 2 is 1.73 bits per heavy atom. The fraction of sp³-hybridized carbons (Fsp3) is 0.467. The maximum absolute atomic E-state index is 12.7. The van der Waals surface area contributed by atoms with Crippen LogP contribution in [0.25, 0.3) is 0 Å². The van der Waals surface area contributed by atoms with E-state index in [-0.39, 0.29) is 29.1 Å². The van der Waals surface area contributed by atoms with Crippen molar-refractivity contribution in [3.8, 4) is 5.75 Å². The highest BCUT2D eigenvalue weighted by molar-refractivity contribution is 6.37. The Bertz CT molecular complexity index is 583. The molecule has 120 valence electrons. The number of ether oxygens (including phenoxy) is 2. The van der Waals surface area contributed by atoms with Gasteiger partial charge in [0.15, 0.2) is 5.75 Å². The summed E-state index contributed by atoms with van der Waals surface area (Å²) in [7, 11) is 2.81. The van der Waals surface area contributed by atoms with E-state index in [1.54, 1.807) is 17.0 Å². The number of amides is 1. The van der Waals surface area contributed by atoms with E-state index in [0.717, 1.165) is 0 Å². The zero-order valence-electron chi connectivity index (χ0n) is 12.4. The van der Waals surface area contributed by atoms with E-state index < -0.39 is 0 Å². The summed E-state index contributed by atoms with van der Waals surface area (Å²) in [5, 5.41) is 0.626. The summed E-state index contributed by atoms with van der Waals surface area (Å²) >= 11 is 12.2. The summed E-state index contributed by atoms with van der Waals surface area (Å²) < 4.78 is 9.95. The van der Waals surface area contributed by atoms with Gasteiger partial charge in [-0.1, -0.05) is 23.2 Å². The van der Waals surface area contributed by atoms with Crippen LogP contribution in [0.3, 0.4) is 0 Å². The molecule has 1 aromatic carbocycles. The minimum atomic E-state index is -0.243.